The van der Waals surface area contributed by atoms with E-state index >= 15 is 0 Å². The van der Waals surface area contributed by atoms with Crippen LogP contribution < -0.4 is 15.4 Å². The number of piperidine rings is 1. The molecule has 1 amide bonds. The van der Waals surface area contributed by atoms with E-state index in [0.29, 0.717) is 25.8 Å². The van der Waals surface area contributed by atoms with Crippen LogP contribution in [0.4, 0.5) is 11.4 Å². The van der Waals surface area contributed by atoms with E-state index in [1.54, 1.807) is 0 Å². The predicted octanol–water partition coefficient (Wildman–Crippen LogP) is 1.60. The van der Waals surface area contributed by atoms with Crippen molar-refractivity contribution in [3.63, 3.8) is 0 Å². The Kier molecular flexibility index (Phi) is 5.55. The summed E-state index contributed by atoms with van der Waals surface area (Å²) in [5.41, 5.74) is 1.21. The average Bonchev–Trinajstić information content (AvgIpc) is 2.61. The van der Waals surface area contributed by atoms with E-state index in [-0.39, 0.29) is 17.7 Å². The van der Waals surface area contributed by atoms with Crippen LogP contribution in [0.3, 0.4) is 0 Å². The third kappa shape index (κ3) is 4.02. The van der Waals surface area contributed by atoms with Crippen molar-refractivity contribution in [2.75, 3.05) is 36.0 Å². The molecule has 0 radical (unpaired) electrons. The van der Waals surface area contributed by atoms with Crippen LogP contribution in [-0.4, -0.2) is 56.2 Å². The molecule has 0 aliphatic carbocycles. The molecule has 3 rings (SSSR count). The molecular weight excluding hydrogens is 352 g/mol. The van der Waals surface area contributed by atoms with Gasteiger partial charge in [0.05, 0.1) is 17.1 Å². The Morgan fingerprint density at radius 2 is 1.88 bits per heavy atom. The second kappa shape index (κ2) is 7.54. The number of rotatable bonds is 6. The predicted molar refractivity (Wildman–Crippen MR) is 104 cm³/mol. The van der Waals surface area contributed by atoms with Crippen molar-refractivity contribution in [2.45, 2.75) is 44.7 Å². The second-order valence-corrected chi connectivity index (χ2v) is 9.19. The van der Waals surface area contributed by atoms with Crippen LogP contribution in [0.5, 0.6) is 0 Å². The number of benzene rings is 1. The van der Waals surface area contributed by atoms with Crippen LogP contribution in [0.1, 0.15) is 33.1 Å². The quantitative estimate of drug-likeness (QED) is 0.697. The summed E-state index contributed by atoms with van der Waals surface area (Å²) >= 11 is 0. The van der Waals surface area contributed by atoms with Gasteiger partial charge in [0, 0.05) is 25.7 Å². The van der Waals surface area contributed by atoms with Gasteiger partial charge in [-0.3, -0.25) is 9.69 Å². The molecular formula is C18H28N4O3S. The molecule has 1 saturated heterocycles. The highest BCUT2D eigenvalue weighted by atomic mass is 32.2. The fourth-order valence-corrected chi connectivity index (χ4v) is 4.85. The molecule has 1 fully saturated rings. The average molecular weight is 381 g/mol. The number of anilines is 2. The molecule has 0 bridgehead atoms. The Hall–Kier alpha value is -1.64. The van der Waals surface area contributed by atoms with Crippen LogP contribution in [-0.2, 0) is 14.8 Å². The standard InChI is InChI=1S/C18H28N4O3S/c1-3-12-26(24,25)19-13-14(2)22-10-8-18(9-11-22)17(23)20-15-6-4-5-7-16(15)21-18/h4-7,14,19,21H,3,8-13H2,1-2H3,(H,20,23). The van der Waals surface area contributed by atoms with Crippen LogP contribution >= 0.6 is 0 Å². The topological polar surface area (TPSA) is 90.5 Å². The maximum absolute atomic E-state index is 12.7. The van der Waals surface area contributed by atoms with Gasteiger partial charge in [-0.15, -0.1) is 0 Å². The van der Waals surface area contributed by atoms with Gasteiger partial charge in [-0.2, -0.15) is 0 Å². The number of sulfonamides is 1. The minimum absolute atomic E-state index is 0.0205. The highest BCUT2D eigenvalue weighted by Gasteiger charge is 2.44. The fourth-order valence-electron chi connectivity index (χ4n) is 3.67. The van der Waals surface area contributed by atoms with Crippen LogP contribution in [0, 0.1) is 0 Å². The summed E-state index contributed by atoms with van der Waals surface area (Å²) in [5, 5.41) is 6.46. The van der Waals surface area contributed by atoms with Crippen molar-refractivity contribution in [3.8, 4) is 0 Å². The zero-order chi connectivity index (χ0) is 18.8. The molecule has 1 aromatic carbocycles. The van der Waals surface area contributed by atoms with Gasteiger partial charge in [-0.05, 0) is 38.3 Å². The van der Waals surface area contributed by atoms with E-state index in [4.69, 9.17) is 0 Å². The molecule has 2 aliphatic heterocycles. The lowest BCUT2D eigenvalue weighted by molar-refractivity contribution is -0.122. The molecule has 1 aromatic rings. The number of amides is 1. The number of hydrogen-bond donors (Lipinski definition) is 3. The first-order chi connectivity index (χ1) is 12.4. The molecule has 3 N–H and O–H groups in total. The molecule has 26 heavy (non-hydrogen) atoms. The van der Waals surface area contributed by atoms with Crippen molar-refractivity contribution in [1.29, 1.82) is 0 Å². The summed E-state index contributed by atoms with van der Waals surface area (Å²) in [5.74, 6) is 0.180. The van der Waals surface area contributed by atoms with Gasteiger partial charge in [0.15, 0.2) is 0 Å². The van der Waals surface area contributed by atoms with E-state index in [2.05, 4.69) is 20.3 Å². The molecule has 1 unspecified atom stereocenters. The first-order valence-corrected chi connectivity index (χ1v) is 10.9. The molecule has 2 aliphatic rings. The van der Waals surface area contributed by atoms with Gasteiger partial charge in [-0.25, -0.2) is 13.1 Å². The summed E-state index contributed by atoms with van der Waals surface area (Å²) in [7, 11) is -3.19. The highest BCUT2D eigenvalue weighted by Crippen LogP contribution is 2.36. The van der Waals surface area contributed by atoms with E-state index in [1.807, 2.05) is 38.1 Å². The van der Waals surface area contributed by atoms with Crippen molar-refractivity contribution < 1.29 is 13.2 Å². The van der Waals surface area contributed by atoms with Gasteiger partial charge in [-0.1, -0.05) is 19.1 Å². The first-order valence-electron chi connectivity index (χ1n) is 9.25. The minimum atomic E-state index is -3.19. The summed E-state index contributed by atoms with van der Waals surface area (Å²) in [6.07, 6.45) is 2.00. The smallest absolute Gasteiger partial charge is 0.250 e. The maximum Gasteiger partial charge on any atom is 0.250 e. The maximum atomic E-state index is 12.7. The number of likely N-dealkylation sites (tertiary alicyclic amines) is 1. The number of nitrogens with one attached hydrogen (secondary N) is 3. The summed E-state index contributed by atoms with van der Waals surface area (Å²) in [4.78, 5) is 14.9. The lowest BCUT2D eigenvalue weighted by Gasteiger charge is -2.45. The third-order valence-electron chi connectivity index (χ3n) is 5.33. The second-order valence-electron chi connectivity index (χ2n) is 7.26. The van der Waals surface area contributed by atoms with E-state index in [1.165, 1.54) is 0 Å². The van der Waals surface area contributed by atoms with Crippen LogP contribution in [0.25, 0.3) is 0 Å². The van der Waals surface area contributed by atoms with Crippen LogP contribution in [0.2, 0.25) is 0 Å². The number of para-hydroxylation sites is 2. The largest absolute Gasteiger partial charge is 0.369 e. The van der Waals surface area contributed by atoms with E-state index in [9.17, 15) is 13.2 Å². The Morgan fingerprint density at radius 1 is 1.23 bits per heavy atom. The number of hydrogen-bond acceptors (Lipinski definition) is 5. The number of carbonyl (C=O) groups is 1. The molecule has 1 spiro atoms. The Bertz CT molecular complexity index is 757. The number of fused-ring (bicyclic) bond motifs is 1. The molecule has 0 saturated carbocycles. The van der Waals surface area contributed by atoms with E-state index < -0.39 is 15.6 Å². The van der Waals surface area contributed by atoms with Gasteiger partial charge in [0.1, 0.15) is 5.54 Å². The van der Waals surface area contributed by atoms with Gasteiger partial charge >= 0.3 is 0 Å². The number of carbonyl (C=O) groups excluding carboxylic acids is 1. The summed E-state index contributed by atoms with van der Waals surface area (Å²) < 4.78 is 26.3. The zero-order valence-electron chi connectivity index (χ0n) is 15.4. The zero-order valence-corrected chi connectivity index (χ0v) is 16.2. The van der Waals surface area contributed by atoms with Crippen molar-refractivity contribution in [1.82, 2.24) is 9.62 Å². The molecule has 7 nitrogen and oxygen atoms in total. The summed E-state index contributed by atoms with van der Waals surface area (Å²) in [6.45, 7) is 5.78. The summed E-state index contributed by atoms with van der Waals surface area (Å²) in [6, 6.07) is 7.83. The highest BCUT2D eigenvalue weighted by molar-refractivity contribution is 7.89. The van der Waals surface area contributed by atoms with Crippen molar-refractivity contribution in [3.05, 3.63) is 24.3 Å². The third-order valence-corrected chi connectivity index (χ3v) is 6.88. The molecule has 8 heteroatoms. The van der Waals surface area contributed by atoms with Gasteiger partial charge < -0.3 is 10.6 Å². The number of nitrogens with zero attached hydrogens (tertiary/aromatic N) is 1. The van der Waals surface area contributed by atoms with Crippen LogP contribution in [0.15, 0.2) is 24.3 Å². The van der Waals surface area contributed by atoms with E-state index in [0.717, 1.165) is 24.5 Å². The Labute approximate surface area is 155 Å². The Balaban J connectivity index is 1.58. The molecule has 0 aromatic heterocycles. The SMILES string of the molecule is CCCS(=O)(=O)NCC(C)N1CCC2(CC1)Nc1ccccc1NC2=O. The molecule has 2 heterocycles. The minimum Gasteiger partial charge on any atom is -0.369 e. The van der Waals surface area contributed by atoms with Crippen molar-refractivity contribution in [2.24, 2.45) is 0 Å². The lowest BCUT2D eigenvalue weighted by atomic mass is 9.84. The van der Waals surface area contributed by atoms with Crippen molar-refractivity contribution >= 4 is 27.3 Å². The van der Waals surface area contributed by atoms with Gasteiger partial charge in [0.2, 0.25) is 15.9 Å². The Morgan fingerprint density at radius 3 is 2.54 bits per heavy atom. The normalized spacial score (nSPS) is 20.9. The molecule has 1 atom stereocenters. The van der Waals surface area contributed by atoms with Gasteiger partial charge in [0.25, 0.3) is 0 Å². The lowest BCUT2D eigenvalue weighted by Crippen LogP contribution is -2.60. The molecule has 144 valence electrons. The first kappa shape index (κ1) is 19.1. The fraction of sp³-hybridized carbons (Fsp3) is 0.611. The monoisotopic (exact) mass is 380 g/mol.